The molecule has 20 heavy (non-hydrogen) atoms. The maximum absolute atomic E-state index is 12.0. The van der Waals surface area contributed by atoms with Crippen molar-refractivity contribution in [2.45, 2.75) is 46.1 Å². The normalized spacial score (nSPS) is 13.8. The predicted molar refractivity (Wildman–Crippen MR) is 75.0 cm³/mol. The standard InChI is InChI=1S/C15H23NO4/c1-5-19-14(18)15(4,11(2)3)16-13(17)9-8-12-7-6-10-20-12/h6-7,10-11H,5,8-9H2,1-4H3,(H,16,17)/t15-/m1/s1. The van der Waals surface area contributed by atoms with Crippen molar-refractivity contribution < 1.29 is 18.7 Å². The molecule has 1 N–H and O–H groups in total. The van der Waals surface area contributed by atoms with Gasteiger partial charge in [0.25, 0.3) is 0 Å². The maximum Gasteiger partial charge on any atom is 0.331 e. The second-order valence-corrected chi connectivity index (χ2v) is 5.21. The van der Waals surface area contributed by atoms with Crippen LogP contribution in [0, 0.1) is 5.92 Å². The van der Waals surface area contributed by atoms with Gasteiger partial charge in [-0.3, -0.25) is 4.79 Å². The minimum Gasteiger partial charge on any atom is -0.469 e. The predicted octanol–water partition coefficient (Wildman–Crippen LogP) is 2.31. The molecule has 0 fully saturated rings. The molecule has 0 saturated heterocycles. The molecule has 0 aromatic carbocycles. The maximum atomic E-state index is 12.0. The van der Waals surface area contributed by atoms with Gasteiger partial charge in [-0.1, -0.05) is 13.8 Å². The fraction of sp³-hybridized carbons (Fsp3) is 0.600. The molecule has 1 atom stereocenters. The molecule has 0 aliphatic carbocycles. The summed E-state index contributed by atoms with van der Waals surface area (Å²) in [5, 5.41) is 2.78. The topological polar surface area (TPSA) is 68.5 Å². The van der Waals surface area contributed by atoms with Gasteiger partial charge in [-0.05, 0) is 31.9 Å². The first-order chi connectivity index (χ1) is 9.40. The highest BCUT2D eigenvalue weighted by atomic mass is 16.5. The molecule has 5 nitrogen and oxygen atoms in total. The molecule has 1 rings (SSSR count). The van der Waals surface area contributed by atoms with Crippen molar-refractivity contribution >= 4 is 11.9 Å². The highest BCUT2D eigenvalue weighted by molar-refractivity contribution is 5.88. The summed E-state index contributed by atoms with van der Waals surface area (Å²) in [6.45, 7) is 7.49. The van der Waals surface area contributed by atoms with Gasteiger partial charge in [-0.25, -0.2) is 4.79 Å². The van der Waals surface area contributed by atoms with Crippen molar-refractivity contribution in [2.75, 3.05) is 6.61 Å². The summed E-state index contributed by atoms with van der Waals surface area (Å²) in [4.78, 5) is 24.0. The van der Waals surface area contributed by atoms with Crippen LogP contribution >= 0.6 is 0 Å². The van der Waals surface area contributed by atoms with Crippen LogP contribution in [0.3, 0.4) is 0 Å². The number of carbonyl (C=O) groups is 2. The lowest BCUT2D eigenvalue weighted by Gasteiger charge is -2.32. The largest absolute Gasteiger partial charge is 0.469 e. The van der Waals surface area contributed by atoms with Crippen molar-refractivity contribution in [1.82, 2.24) is 5.32 Å². The Labute approximate surface area is 119 Å². The Bertz CT molecular complexity index is 439. The van der Waals surface area contributed by atoms with Gasteiger partial charge >= 0.3 is 5.97 Å². The van der Waals surface area contributed by atoms with E-state index in [0.29, 0.717) is 13.0 Å². The van der Waals surface area contributed by atoms with E-state index in [-0.39, 0.29) is 18.2 Å². The molecule has 0 spiro atoms. The van der Waals surface area contributed by atoms with E-state index in [4.69, 9.17) is 9.15 Å². The van der Waals surface area contributed by atoms with Crippen molar-refractivity contribution in [3.05, 3.63) is 24.2 Å². The van der Waals surface area contributed by atoms with Crippen LogP contribution in [-0.2, 0) is 20.7 Å². The zero-order valence-electron chi connectivity index (χ0n) is 12.6. The van der Waals surface area contributed by atoms with Crippen LogP contribution < -0.4 is 5.32 Å². The lowest BCUT2D eigenvalue weighted by molar-refractivity contribution is -0.154. The summed E-state index contributed by atoms with van der Waals surface area (Å²) in [5.74, 6) is 0.101. The lowest BCUT2D eigenvalue weighted by Crippen LogP contribution is -2.56. The summed E-state index contributed by atoms with van der Waals surface area (Å²) in [6, 6.07) is 3.60. The Morgan fingerprint density at radius 1 is 1.45 bits per heavy atom. The van der Waals surface area contributed by atoms with Gasteiger partial charge in [0.1, 0.15) is 11.3 Å². The molecule has 0 unspecified atom stereocenters. The molecular weight excluding hydrogens is 258 g/mol. The number of furan rings is 1. The number of esters is 1. The van der Waals surface area contributed by atoms with E-state index in [0.717, 1.165) is 5.76 Å². The molecule has 0 saturated carbocycles. The van der Waals surface area contributed by atoms with Crippen LogP contribution in [0.2, 0.25) is 0 Å². The van der Waals surface area contributed by atoms with Crippen molar-refractivity contribution in [1.29, 1.82) is 0 Å². The molecule has 0 aliphatic heterocycles. The van der Waals surface area contributed by atoms with E-state index in [2.05, 4.69) is 5.32 Å². The van der Waals surface area contributed by atoms with Gasteiger partial charge < -0.3 is 14.5 Å². The van der Waals surface area contributed by atoms with Crippen molar-refractivity contribution in [2.24, 2.45) is 5.92 Å². The highest BCUT2D eigenvalue weighted by Gasteiger charge is 2.39. The second-order valence-electron chi connectivity index (χ2n) is 5.21. The van der Waals surface area contributed by atoms with Crippen molar-refractivity contribution in [3.63, 3.8) is 0 Å². The molecule has 0 radical (unpaired) electrons. The third kappa shape index (κ3) is 4.11. The number of nitrogens with one attached hydrogen (secondary N) is 1. The highest BCUT2D eigenvalue weighted by Crippen LogP contribution is 2.19. The number of ether oxygens (including phenoxy) is 1. The molecule has 0 bridgehead atoms. The molecule has 112 valence electrons. The first kappa shape index (κ1) is 16.3. The Morgan fingerprint density at radius 2 is 2.15 bits per heavy atom. The molecule has 1 amide bonds. The molecule has 1 aromatic rings. The minimum absolute atomic E-state index is 0.0610. The smallest absolute Gasteiger partial charge is 0.331 e. The number of carbonyl (C=O) groups excluding carboxylic acids is 2. The van der Waals surface area contributed by atoms with Gasteiger partial charge in [-0.15, -0.1) is 0 Å². The second kappa shape index (κ2) is 7.12. The molecule has 5 heteroatoms. The van der Waals surface area contributed by atoms with Crippen LogP contribution in [0.15, 0.2) is 22.8 Å². The number of aryl methyl sites for hydroxylation is 1. The zero-order valence-corrected chi connectivity index (χ0v) is 12.6. The van der Waals surface area contributed by atoms with Gasteiger partial charge in [-0.2, -0.15) is 0 Å². The van der Waals surface area contributed by atoms with E-state index < -0.39 is 11.5 Å². The summed E-state index contributed by atoms with van der Waals surface area (Å²) >= 11 is 0. The van der Waals surface area contributed by atoms with Crippen LogP contribution in [0.25, 0.3) is 0 Å². The zero-order chi connectivity index (χ0) is 15.2. The van der Waals surface area contributed by atoms with E-state index >= 15 is 0 Å². The number of rotatable bonds is 7. The lowest BCUT2D eigenvalue weighted by atomic mass is 9.88. The summed E-state index contributed by atoms with van der Waals surface area (Å²) in [6.07, 6.45) is 2.36. The third-order valence-electron chi connectivity index (χ3n) is 3.43. The Morgan fingerprint density at radius 3 is 2.65 bits per heavy atom. The summed E-state index contributed by atoms with van der Waals surface area (Å²) in [5.41, 5.74) is -1.00. The van der Waals surface area contributed by atoms with E-state index in [1.54, 1.807) is 26.2 Å². The molecular formula is C15H23NO4. The third-order valence-corrected chi connectivity index (χ3v) is 3.43. The van der Waals surface area contributed by atoms with Crippen LogP contribution in [0.4, 0.5) is 0 Å². The first-order valence-corrected chi connectivity index (χ1v) is 6.90. The van der Waals surface area contributed by atoms with E-state index in [9.17, 15) is 9.59 Å². The minimum atomic E-state index is -1.00. The van der Waals surface area contributed by atoms with Crippen LogP contribution in [0.5, 0.6) is 0 Å². The molecule has 0 aliphatic rings. The summed E-state index contributed by atoms with van der Waals surface area (Å²) < 4.78 is 10.2. The van der Waals surface area contributed by atoms with Crippen LogP contribution in [0.1, 0.15) is 39.9 Å². The van der Waals surface area contributed by atoms with Crippen molar-refractivity contribution in [3.8, 4) is 0 Å². The SMILES string of the molecule is CCOC(=O)[C@](C)(NC(=O)CCc1ccco1)C(C)C. The Balaban J connectivity index is 2.60. The average Bonchev–Trinajstić information content (AvgIpc) is 2.89. The monoisotopic (exact) mass is 281 g/mol. The average molecular weight is 281 g/mol. The van der Waals surface area contributed by atoms with Crippen LogP contribution in [-0.4, -0.2) is 24.0 Å². The van der Waals surface area contributed by atoms with E-state index in [1.807, 2.05) is 19.9 Å². The van der Waals surface area contributed by atoms with Gasteiger partial charge in [0, 0.05) is 12.8 Å². The van der Waals surface area contributed by atoms with Gasteiger partial charge in [0.2, 0.25) is 5.91 Å². The van der Waals surface area contributed by atoms with Gasteiger partial charge in [0.05, 0.1) is 12.9 Å². The fourth-order valence-electron chi connectivity index (χ4n) is 1.76. The Hall–Kier alpha value is -1.78. The Kier molecular flexibility index (Phi) is 5.80. The van der Waals surface area contributed by atoms with E-state index in [1.165, 1.54) is 0 Å². The number of hydrogen-bond acceptors (Lipinski definition) is 4. The first-order valence-electron chi connectivity index (χ1n) is 6.90. The van der Waals surface area contributed by atoms with Gasteiger partial charge in [0.15, 0.2) is 0 Å². The molecule has 1 heterocycles. The molecule has 1 aromatic heterocycles. The summed E-state index contributed by atoms with van der Waals surface area (Å²) in [7, 11) is 0. The quantitative estimate of drug-likeness (QED) is 0.779. The number of amides is 1. The fourth-order valence-corrected chi connectivity index (χ4v) is 1.76. The number of hydrogen-bond donors (Lipinski definition) is 1.